The van der Waals surface area contributed by atoms with E-state index in [1.54, 1.807) is 35.4 Å². The number of anilines is 1. The van der Waals surface area contributed by atoms with Crippen molar-refractivity contribution >= 4 is 22.8 Å². The summed E-state index contributed by atoms with van der Waals surface area (Å²) in [6.07, 6.45) is 0. The summed E-state index contributed by atoms with van der Waals surface area (Å²) in [4.78, 5) is 17.3. The van der Waals surface area contributed by atoms with Gasteiger partial charge in [0.1, 0.15) is 5.82 Å². The van der Waals surface area contributed by atoms with Crippen molar-refractivity contribution in [3.8, 4) is 0 Å². The monoisotopic (exact) mass is 278 g/mol. The van der Waals surface area contributed by atoms with Gasteiger partial charge in [-0.1, -0.05) is 0 Å². The average molecular weight is 278 g/mol. The van der Waals surface area contributed by atoms with E-state index in [-0.39, 0.29) is 11.6 Å². The molecule has 3 nitrogen and oxygen atoms in total. The Hall–Kier alpha value is -1.75. The summed E-state index contributed by atoms with van der Waals surface area (Å²) in [5.41, 5.74) is 1.77. The summed E-state index contributed by atoms with van der Waals surface area (Å²) in [6.45, 7) is 3.91. The highest BCUT2D eigenvalue weighted by Gasteiger charge is 2.11. The van der Waals surface area contributed by atoms with Gasteiger partial charge in [-0.3, -0.25) is 4.79 Å². The van der Waals surface area contributed by atoms with Crippen molar-refractivity contribution in [2.75, 3.05) is 11.9 Å². The fourth-order valence-corrected chi connectivity index (χ4v) is 2.45. The number of aryl methyl sites for hydroxylation is 1. The minimum Gasteiger partial charge on any atom is -0.366 e. The van der Waals surface area contributed by atoms with Crippen LogP contribution in [0.15, 0.2) is 23.6 Å². The van der Waals surface area contributed by atoms with Crippen molar-refractivity contribution in [1.29, 1.82) is 0 Å². The summed E-state index contributed by atoms with van der Waals surface area (Å²) in [6, 6.07) is 4.55. The van der Waals surface area contributed by atoms with E-state index in [4.69, 9.17) is 0 Å². The first-order valence-corrected chi connectivity index (χ1v) is 6.78. The predicted octanol–water partition coefficient (Wildman–Crippen LogP) is 3.43. The molecule has 19 heavy (non-hydrogen) atoms. The SMILES string of the molecule is CC(=O)c1ccc(N(C)Cc2csc(C)n2)c(F)c1. The summed E-state index contributed by atoms with van der Waals surface area (Å²) in [7, 11) is 1.81. The second kappa shape index (κ2) is 5.48. The summed E-state index contributed by atoms with van der Waals surface area (Å²) >= 11 is 1.58. The molecule has 0 aliphatic carbocycles. The van der Waals surface area contributed by atoms with Crippen LogP contribution in [0.5, 0.6) is 0 Å². The maximum atomic E-state index is 14.0. The highest BCUT2D eigenvalue weighted by molar-refractivity contribution is 7.09. The average Bonchev–Trinajstić information content (AvgIpc) is 2.74. The van der Waals surface area contributed by atoms with Gasteiger partial charge in [0.15, 0.2) is 5.78 Å². The molecule has 0 aliphatic rings. The number of nitrogens with zero attached hydrogens (tertiary/aromatic N) is 2. The molecule has 0 saturated heterocycles. The maximum Gasteiger partial charge on any atom is 0.159 e. The number of Topliss-reactive ketones (excluding diaryl/α,β-unsaturated/α-hetero) is 1. The molecule has 2 aromatic rings. The Morgan fingerprint density at radius 3 is 2.74 bits per heavy atom. The van der Waals surface area contributed by atoms with Crippen LogP contribution in [0.4, 0.5) is 10.1 Å². The molecular formula is C14H15FN2OS. The van der Waals surface area contributed by atoms with Gasteiger partial charge in [0, 0.05) is 18.0 Å². The molecular weight excluding hydrogens is 263 g/mol. The van der Waals surface area contributed by atoms with Gasteiger partial charge in [-0.15, -0.1) is 11.3 Å². The Morgan fingerprint density at radius 1 is 1.47 bits per heavy atom. The van der Waals surface area contributed by atoms with Crippen LogP contribution < -0.4 is 4.90 Å². The van der Waals surface area contributed by atoms with Gasteiger partial charge in [-0.25, -0.2) is 9.37 Å². The fourth-order valence-electron chi connectivity index (χ4n) is 1.84. The van der Waals surface area contributed by atoms with E-state index in [1.807, 2.05) is 12.3 Å². The van der Waals surface area contributed by atoms with E-state index in [1.165, 1.54) is 13.0 Å². The van der Waals surface area contributed by atoms with Crippen molar-refractivity contribution in [2.24, 2.45) is 0 Å². The lowest BCUT2D eigenvalue weighted by Crippen LogP contribution is -2.18. The molecule has 0 saturated carbocycles. The second-order valence-corrected chi connectivity index (χ2v) is 5.50. The minimum absolute atomic E-state index is 0.136. The van der Waals surface area contributed by atoms with E-state index in [0.717, 1.165) is 10.7 Å². The number of hydrogen-bond acceptors (Lipinski definition) is 4. The molecule has 0 amide bonds. The first kappa shape index (κ1) is 13.7. The molecule has 0 N–H and O–H groups in total. The standard InChI is InChI=1S/C14H15FN2OS/c1-9(18)11-4-5-14(13(15)6-11)17(3)7-12-8-19-10(2)16-12/h4-6,8H,7H2,1-3H3. The van der Waals surface area contributed by atoms with Crippen LogP contribution >= 0.6 is 11.3 Å². The van der Waals surface area contributed by atoms with E-state index in [2.05, 4.69) is 4.98 Å². The Bertz CT molecular complexity index is 609. The van der Waals surface area contributed by atoms with Crippen LogP contribution in [-0.2, 0) is 6.54 Å². The first-order chi connectivity index (χ1) is 8.97. The zero-order valence-electron chi connectivity index (χ0n) is 11.1. The van der Waals surface area contributed by atoms with Crippen molar-refractivity contribution in [1.82, 2.24) is 4.98 Å². The summed E-state index contributed by atoms with van der Waals surface area (Å²) in [5, 5.41) is 2.96. The van der Waals surface area contributed by atoms with Crippen molar-refractivity contribution in [3.63, 3.8) is 0 Å². The Kier molecular flexibility index (Phi) is 3.95. The second-order valence-electron chi connectivity index (χ2n) is 4.44. The van der Waals surface area contributed by atoms with Gasteiger partial charge in [0.25, 0.3) is 0 Å². The van der Waals surface area contributed by atoms with Gasteiger partial charge >= 0.3 is 0 Å². The molecule has 2 rings (SSSR count). The van der Waals surface area contributed by atoms with Crippen LogP contribution in [0.1, 0.15) is 28.0 Å². The highest BCUT2D eigenvalue weighted by atomic mass is 32.1. The number of rotatable bonds is 4. The maximum absolute atomic E-state index is 14.0. The Balaban J connectivity index is 2.19. The number of carbonyl (C=O) groups is 1. The van der Waals surface area contributed by atoms with Crippen LogP contribution in [0.2, 0.25) is 0 Å². The van der Waals surface area contributed by atoms with Crippen molar-refractivity contribution in [2.45, 2.75) is 20.4 Å². The molecule has 0 aliphatic heterocycles. The summed E-state index contributed by atoms with van der Waals surface area (Å²) < 4.78 is 14.0. The van der Waals surface area contributed by atoms with Gasteiger partial charge in [0.2, 0.25) is 0 Å². The van der Waals surface area contributed by atoms with E-state index in [0.29, 0.717) is 17.8 Å². The lowest BCUT2D eigenvalue weighted by molar-refractivity contribution is 0.101. The van der Waals surface area contributed by atoms with Gasteiger partial charge in [0.05, 0.1) is 22.9 Å². The molecule has 0 radical (unpaired) electrons. The van der Waals surface area contributed by atoms with Gasteiger partial charge in [-0.05, 0) is 32.0 Å². The molecule has 100 valence electrons. The Labute approximate surface area is 115 Å². The van der Waals surface area contributed by atoms with Gasteiger partial charge < -0.3 is 4.90 Å². The van der Waals surface area contributed by atoms with Crippen LogP contribution in [-0.4, -0.2) is 17.8 Å². The zero-order valence-corrected chi connectivity index (χ0v) is 11.9. The number of thiazole rings is 1. The van der Waals surface area contributed by atoms with Crippen molar-refractivity contribution in [3.05, 3.63) is 45.7 Å². The molecule has 5 heteroatoms. The minimum atomic E-state index is -0.387. The lowest BCUT2D eigenvalue weighted by Gasteiger charge is -2.19. The predicted molar refractivity (Wildman–Crippen MR) is 75.4 cm³/mol. The number of aromatic nitrogens is 1. The molecule has 0 unspecified atom stereocenters. The first-order valence-electron chi connectivity index (χ1n) is 5.90. The number of halogens is 1. The topological polar surface area (TPSA) is 33.2 Å². The van der Waals surface area contributed by atoms with E-state index in [9.17, 15) is 9.18 Å². The van der Waals surface area contributed by atoms with Crippen LogP contribution in [0, 0.1) is 12.7 Å². The zero-order chi connectivity index (χ0) is 14.0. The van der Waals surface area contributed by atoms with Crippen LogP contribution in [0.3, 0.4) is 0 Å². The third kappa shape index (κ3) is 3.17. The lowest BCUT2D eigenvalue weighted by atomic mass is 10.1. The Morgan fingerprint density at radius 2 is 2.21 bits per heavy atom. The molecule has 1 aromatic carbocycles. The molecule has 1 aromatic heterocycles. The molecule has 1 heterocycles. The fraction of sp³-hybridized carbons (Fsp3) is 0.286. The highest BCUT2D eigenvalue weighted by Crippen LogP contribution is 2.22. The molecule has 0 fully saturated rings. The van der Waals surface area contributed by atoms with E-state index >= 15 is 0 Å². The number of carbonyl (C=O) groups excluding carboxylic acids is 1. The number of ketones is 1. The number of hydrogen-bond donors (Lipinski definition) is 0. The molecule has 0 spiro atoms. The van der Waals surface area contributed by atoms with Gasteiger partial charge in [-0.2, -0.15) is 0 Å². The molecule has 0 bridgehead atoms. The third-order valence-electron chi connectivity index (χ3n) is 2.83. The third-order valence-corrected chi connectivity index (χ3v) is 3.65. The van der Waals surface area contributed by atoms with Crippen LogP contribution in [0.25, 0.3) is 0 Å². The number of benzene rings is 1. The molecule has 0 atom stereocenters. The smallest absolute Gasteiger partial charge is 0.159 e. The van der Waals surface area contributed by atoms with E-state index < -0.39 is 0 Å². The summed E-state index contributed by atoms with van der Waals surface area (Å²) in [5.74, 6) is -0.523. The quantitative estimate of drug-likeness (QED) is 0.803. The normalized spacial score (nSPS) is 10.5. The largest absolute Gasteiger partial charge is 0.366 e. The van der Waals surface area contributed by atoms with Crippen molar-refractivity contribution < 1.29 is 9.18 Å².